The Balaban J connectivity index is 0.000000335. The molecule has 0 heteroatoms. The van der Waals surface area contributed by atoms with Crippen molar-refractivity contribution in [3.05, 3.63) is 72.3 Å². The van der Waals surface area contributed by atoms with Gasteiger partial charge in [-0.15, -0.1) is 0 Å². The zero-order valence-electron chi connectivity index (χ0n) is 14.4. The van der Waals surface area contributed by atoms with Crippen molar-refractivity contribution in [2.75, 3.05) is 0 Å². The van der Waals surface area contributed by atoms with Gasteiger partial charge in [-0.2, -0.15) is 0 Å². The van der Waals surface area contributed by atoms with Crippen molar-refractivity contribution in [3.8, 4) is 0 Å². The first-order valence-corrected chi connectivity index (χ1v) is 8.89. The normalized spacial score (nSPS) is 11.4. The fourth-order valence-electron chi connectivity index (χ4n) is 2.56. The zero-order chi connectivity index (χ0) is 15.9. The largest absolute Gasteiger partial charge is 0.0654 e. The van der Waals surface area contributed by atoms with Gasteiger partial charge in [0.2, 0.25) is 0 Å². The number of unbranched alkanes of at least 4 members (excludes halogenated alkanes) is 5. The maximum atomic E-state index is 2.35. The Hall–Kier alpha value is -1.56. The second kappa shape index (κ2) is 13.1. The lowest BCUT2D eigenvalue weighted by molar-refractivity contribution is 0.557. The molecule has 2 aromatic carbocycles. The summed E-state index contributed by atoms with van der Waals surface area (Å²) in [6, 6.07) is 22.9. The topological polar surface area (TPSA) is 0 Å². The van der Waals surface area contributed by atoms with E-state index in [1.54, 1.807) is 0 Å². The van der Waals surface area contributed by atoms with Crippen LogP contribution in [-0.4, -0.2) is 0 Å². The van der Waals surface area contributed by atoms with Gasteiger partial charge in [-0.25, -0.2) is 0 Å². The standard InChI is InChI=1S/C16H26.C6H6/c1-3-4-5-6-7-9-12-15(2)16-13-10-8-11-14-16;1-2-4-6-5-3-1/h8,10-11,13-15H,3-7,9,12H2,1-2H3;1-6H. The molecule has 2 aromatic rings. The van der Waals surface area contributed by atoms with Crippen molar-refractivity contribution in [1.82, 2.24) is 0 Å². The third kappa shape index (κ3) is 9.39. The summed E-state index contributed by atoms with van der Waals surface area (Å²) >= 11 is 0. The first kappa shape index (κ1) is 18.5. The average molecular weight is 296 g/mol. The van der Waals surface area contributed by atoms with Gasteiger partial charge < -0.3 is 0 Å². The van der Waals surface area contributed by atoms with Crippen LogP contribution in [0.5, 0.6) is 0 Å². The maximum Gasteiger partial charge on any atom is -0.0190 e. The van der Waals surface area contributed by atoms with Crippen LogP contribution < -0.4 is 0 Å². The van der Waals surface area contributed by atoms with Gasteiger partial charge >= 0.3 is 0 Å². The van der Waals surface area contributed by atoms with E-state index in [0.29, 0.717) is 0 Å². The summed E-state index contributed by atoms with van der Waals surface area (Å²) in [5.41, 5.74) is 1.50. The molecule has 0 amide bonds. The van der Waals surface area contributed by atoms with Crippen molar-refractivity contribution in [3.63, 3.8) is 0 Å². The predicted molar refractivity (Wildman–Crippen MR) is 99.3 cm³/mol. The Kier molecular flexibility index (Phi) is 11.0. The highest BCUT2D eigenvalue weighted by atomic mass is 14.1. The summed E-state index contributed by atoms with van der Waals surface area (Å²) in [6.45, 7) is 4.62. The number of benzene rings is 2. The average Bonchev–Trinajstić information content (AvgIpc) is 2.60. The highest BCUT2D eigenvalue weighted by molar-refractivity contribution is 5.18. The van der Waals surface area contributed by atoms with E-state index < -0.39 is 0 Å². The number of hydrogen-bond acceptors (Lipinski definition) is 0. The molecule has 0 bridgehead atoms. The van der Waals surface area contributed by atoms with Crippen LogP contribution in [0.4, 0.5) is 0 Å². The van der Waals surface area contributed by atoms with Crippen molar-refractivity contribution < 1.29 is 0 Å². The summed E-state index contributed by atoms with van der Waals surface area (Å²) < 4.78 is 0. The molecule has 0 aliphatic carbocycles. The molecular weight excluding hydrogens is 264 g/mol. The maximum absolute atomic E-state index is 2.35. The molecule has 0 fully saturated rings. The van der Waals surface area contributed by atoms with Crippen LogP contribution >= 0.6 is 0 Å². The van der Waals surface area contributed by atoms with E-state index in [1.807, 2.05) is 36.4 Å². The molecular formula is C22H32. The fraction of sp³-hybridized carbons (Fsp3) is 0.455. The Labute approximate surface area is 137 Å². The van der Waals surface area contributed by atoms with Gasteiger partial charge in [-0.1, -0.05) is 119 Å². The van der Waals surface area contributed by atoms with Gasteiger partial charge in [0.25, 0.3) is 0 Å². The van der Waals surface area contributed by atoms with Crippen molar-refractivity contribution in [2.24, 2.45) is 0 Å². The van der Waals surface area contributed by atoms with Gasteiger partial charge in [0.1, 0.15) is 0 Å². The van der Waals surface area contributed by atoms with Crippen molar-refractivity contribution in [2.45, 2.75) is 64.7 Å². The first-order valence-electron chi connectivity index (χ1n) is 8.89. The molecule has 0 aliphatic heterocycles. The van der Waals surface area contributed by atoms with E-state index in [9.17, 15) is 0 Å². The Bertz CT molecular complexity index is 405. The van der Waals surface area contributed by atoms with Crippen LogP contribution in [0.15, 0.2) is 66.7 Å². The molecule has 1 atom stereocenters. The molecule has 0 aliphatic rings. The first-order chi connectivity index (χ1) is 10.8. The third-order valence-corrected chi connectivity index (χ3v) is 4.03. The highest BCUT2D eigenvalue weighted by Crippen LogP contribution is 2.21. The molecule has 1 unspecified atom stereocenters. The van der Waals surface area contributed by atoms with Crippen LogP contribution in [0.1, 0.15) is 70.3 Å². The molecule has 2 rings (SSSR count). The highest BCUT2D eigenvalue weighted by Gasteiger charge is 2.03. The van der Waals surface area contributed by atoms with Crippen molar-refractivity contribution >= 4 is 0 Å². The van der Waals surface area contributed by atoms with Gasteiger partial charge in [-0.05, 0) is 17.9 Å². The minimum absolute atomic E-state index is 0.729. The molecule has 22 heavy (non-hydrogen) atoms. The molecule has 0 spiro atoms. The second-order valence-electron chi connectivity index (χ2n) is 6.02. The third-order valence-electron chi connectivity index (χ3n) is 4.03. The summed E-state index contributed by atoms with van der Waals surface area (Å²) in [7, 11) is 0. The van der Waals surface area contributed by atoms with Crippen molar-refractivity contribution in [1.29, 1.82) is 0 Å². The summed E-state index contributed by atoms with van der Waals surface area (Å²) in [4.78, 5) is 0. The van der Waals surface area contributed by atoms with Crippen LogP contribution in [0.2, 0.25) is 0 Å². The lowest BCUT2D eigenvalue weighted by Gasteiger charge is -2.11. The van der Waals surface area contributed by atoms with Crippen LogP contribution in [0.3, 0.4) is 0 Å². The van der Waals surface area contributed by atoms with E-state index in [-0.39, 0.29) is 0 Å². The molecule has 0 radical (unpaired) electrons. The summed E-state index contributed by atoms with van der Waals surface area (Å²) in [5.74, 6) is 0.729. The molecule has 0 saturated carbocycles. The summed E-state index contributed by atoms with van der Waals surface area (Å²) in [5, 5.41) is 0. The fourth-order valence-corrected chi connectivity index (χ4v) is 2.56. The van der Waals surface area contributed by atoms with E-state index in [4.69, 9.17) is 0 Å². The SMILES string of the molecule is CCCCCCCCC(C)c1ccccc1.c1ccccc1. The lowest BCUT2D eigenvalue weighted by Crippen LogP contribution is -1.93. The van der Waals surface area contributed by atoms with E-state index >= 15 is 0 Å². The van der Waals surface area contributed by atoms with Crippen LogP contribution in [0.25, 0.3) is 0 Å². The molecule has 0 N–H and O–H groups in total. The molecule has 120 valence electrons. The Morgan fingerprint density at radius 2 is 1.09 bits per heavy atom. The zero-order valence-corrected chi connectivity index (χ0v) is 14.4. The van der Waals surface area contributed by atoms with E-state index in [1.165, 1.54) is 50.5 Å². The lowest BCUT2D eigenvalue weighted by atomic mass is 9.95. The van der Waals surface area contributed by atoms with E-state index in [0.717, 1.165) is 5.92 Å². The van der Waals surface area contributed by atoms with Crippen LogP contribution in [0, 0.1) is 0 Å². The number of rotatable bonds is 8. The Morgan fingerprint density at radius 1 is 0.636 bits per heavy atom. The smallest absolute Gasteiger partial charge is 0.0190 e. The minimum atomic E-state index is 0.729. The van der Waals surface area contributed by atoms with Gasteiger partial charge in [0, 0.05) is 0 Å². The molecule has 0 saturated heterocycles. The van der Waals surface area contributed by atoms with E-state index in [2.05, 4.69) is 44.2 Å². The number of hydrogen-bond donors (Lipinski definition) is 0. The minimum Gasteiger partial charge on any atom is -0.0654 e. The summed E-state index contributed by atoms with van der Waals surface area (Å²) in [6.07, 6.45) is 9.76. The van der Waals surface area contributed by atoms with Gasteiger partial charge in [0.15, 0.2) is 0 Å². The monoisotopic (exact) mass is 296 g/mol. The quantitative estimate of drug-likeness (QED) is 0.451. The molecule has 0 aromatic heterocycles. The van der Waals surface area contributed by atoms with Gasteiger partial charge in [-0.3, -0.25) is 0 Å². The van der Waals surface area contributed by atoms with Gasteiger partial charge in [0.05, 0.1) is 0 Å². The molecule has 0 heterocycles. The van der Waals surface area contributed by atoms with Crippen LogP contribution in [-0.2, 0) is 0 Å². The predicted octanol–water partition coefficient (Wildman–Crippen LogP) is 7.23. The Morgan fingerprint density at radius 3 is 1.64 bits per heavy atom. The molecule has 0 nitrogen and oxygen atoms in total. The second-order valence-corrected chi connectivity index (χ2v) is 6.02.